The van der Waals surface area contributed by atoms with Gasteiger partial charge in [0.1, 0.15) is 5.75 Å². The van der Waals surface area contributed by atoms with Gasteiger partial charge in [0, 0.05) is 18.4 Å². The molecule has 0 bridgehead atoms. The van der Waals surface area contributed by atoms with E-state index in [1.807, 2.05) is 25.1 Å². The van der Waals surface area contributed by atoms with E-state index in [4.69, 9.17) is 4.74 Å². The molecule has 1 aliphatic heterocycles. The third-order valence-electron chi connectivity index (χ3n) is 2.68. The zero-order valence-electron chi connectivity index (χ0n) is 10.1. The molecule has 0 aromatic heterocycles. The van der Waals surface area contributed by atoms with E-state index >= 15 is 0 Å². The fourth-order valence-electron chi connectivity index (χ4n) is 1.71. The Balaban J connectivity index is 2.27. The number of amides is 1. The van der Waals surface area contributed by atoms with Crippen molar-refractivity contribution in [2.75, 3.05) is 6.61 Å². The molecule has 0 radical (unpaired) electrons. The Bertz CT molecular complexity index is 466. The number of aryl methyl sites for hydroxylation is 1. The highest BCUT2D eigenvalue weighted by atomic mass is 16.5. The molecule has 1 amide bonds. The number of carbonyl (C=O) groups excluding carboxylic acids is 1. The van der Waals surface area contributed by atoms with Crippen LogP contribution in [0.25, 0.3) is 0 Å². The zero-order chi connectivity index (χ0) is 12.3. The minimum absolute atomic E-state index is 0.0711. The number of hydrogen-bond acceptors (Lipinski definition) is 3. The number of carbonyl (C=O) groups is 1. The van der Waals surface area contributed by atoms with Crippen LogP contribution < -0.4 is 10.2 Å². The van der Waals surface area contributed by atoms with Crippen LogP contribution in [-0.4, -0.2) is 18.2 Å². The van der Waals surface area contributed by atoms with Crippen LogP contribution in [0.4, 0.5) is 0 Å². The number of rotatable bonds is 2. The fraction of sp³-hybridized carbons (Fsp3) is 0.385. The zero-order valence-corrected chi connectivity index (χ0v) is 10.1. The number of hydrazone groups is 1. The Labute approximate surface area is 101 Å². The quantitative estimate of drug-likeness (QED) is 0.793. The maximum Gasteiger partial charge on any atom is 0.239 e. The van der Waals surface area contributed by atoms with Crippen LogP contribution in [-0.2, 0) is 4.79 Å². The summed E-state index contributed by atoms with van der Waals surface area (Å²) in [5.41, 5.74) is 5.58. The summed E-state index contributed by atoms with van der Waals surface area (Å²) in [5, 5.41) is 4.17. The van der Waals surface area contributed by atoms with Crippen molar-refractivity contribution in [1.29, 1.82) is 0 Å². The lowest BCUT2D eigenvalue weighted by Crippen LogP contribution is -2.22. The van der Waals surface area contributed by atoms with E-state index in [0.717, 1.165) is 29.0 Å². The smallest absolute Gasteiger partial charge is 0.239 e. The van der Waals surface area contributed by atoms with Crippen molar-refractivity contribution < 1.29 is 9.53 Å². The highest BCUT2D eigenvalue weighted by Crippen LogP contribution is 2.25. The molecule has 1 aromatic carbocycles. The molecule has 0 saturated carbocycles. The highest BCUT2D eigenvalue weighted by molar-refractivity contribution is 6.04. The molecule has 0 unspecified atom stereocenters. The van der Waals surface area contributed by atoms with Crippen LogP contribution in [0.5, 0.6) is 5.75 Å². The molecular weight excluding hydrogens is 216 g/mol. The predicted octanol–water partition coefficient (Wildman–Crippen LogP) is 2.01. The number of ether oxygens (including phenoxy) is 1. The van der Waals surface area contributed by atoms with Gasteiger partial charge in [-0.25, -0.2) is 5.43 Å². The molecule has 1 aromatic rings. The third-order valence-corrected chi connectivity index (χ3v) is 2.68. The van der Waals surface area contributed by atoms with Gasteiger partial charge in [-0.05, 0) is 19.1 Å². The van der Waals surface area contributed by atoms with Crippen molar-refractivity contribution in [2.45, 2.75) is 26.7 Å². The number of nitrogens with one attached hydrogen (secondary N) is 1. The van der Waals surface area contributed by atoms with Gasteiger partial charge in [0.05, 0.1) is 12.3 Å². The molecule has 0 spiro atoms. The van der Waals surface area contributed by atoms with Crippen molar-refractivity contribution in [1.82, 2.24) is 5.43 Å². The first-order valence-electron chi connectivity index (χ1n) is 5.80. The average Bonchev–Trinajstić information content (AvgIpc) is 2.35. The van der Waals surface area contributed by atoms with Crippen LogP contribution in [0.2, 0.25) is 0 Å². The van der Waals surface area contributed by atoms with Crippen molar-refractivity contribution in [2.24, 2.45) is 5.10 Å². The molecule has 0 fully saturated rings. The van der Waals surface area contributed by atoms with E-state index in [-0.39, 0.29) is 5.91 Å². The first-order valence-corrected chi connectivity index (χ1v) is 5.80. The second-order valence-corrected chi connectivity index (χ2v) is 4.05. The Hall–Kier alpha value is -1.84. The molecule has 17 heavy (non-hydrogen) atoms. The lowest BCUT2D eigenvalue weighted by molar-refractivity contribution is -0.120. The van der Waals surface area contributed by atoms with Gasteiger partial charge >= 0.3 is 0 Å². The number of fused-ring (bicyclic) bond motifs is 1. The van der Waals surface area contributed by atoms with Gasteiger partial charge in [0.25, 0.3) is 0 Å². The van der Waals surface area contributed by atoms with E-state index in [0.29, 0.717) is 13.0 Å². The Kier molecular flexibility index (Phi) is 3.42. The number of hydrogen-bond donors (Lipinski definition) is 1. The van der Waals surface area contributed by atoms with Crippen molar-refractivity contribution in [3.05, 3.63) is 29.3 Å². The Morgan fingerprint density at radius 1 is 1.53 bits per heavy atom. The van der Waals surface area contributed by atoms with Gasteiger partial charge < -0.3 is 4.74 Å². The van der Waals surface area contributed by atoms with Gasteiger partial charge in [0.15, 0.2) is 0 Å². The monoisotopic (exact) mass is 232 g/mol. The lowest BCUT2D eigenvalue weighted by atomic mass is 10.0. The van der Waals surface area contributed by atoms with Gasteiger partial charge in [-0.1, -0.05) is 18.6 Å². The summed E-state index contributed by atoms with van der Waals surface area (Å²) >= 11 is 0. The van der Waals surface area contributed by atoms with E-state index in [2.05, 4.69) is 10.5 Å². The molecule has 1 heterocycles. The van der Waals surface area contributed by atoms with E-state index in [1.165, 1.54) is 0 Å². The molecule has 0 atom stereocenters. The van der Waals surface area contributed by atoms with Gasteiger partial charge in [-0.3, -0.25) is 4.79 Å². The summed E-state index contributed by atoms with van der Waals surface area (Å²) in [6.45, 7) is 4.44. The molecule has 4 nitrogen and oxygen atoms in total. The van der Waals surface area contributed by atoms with Crippen LogP contribution in [0.1, 0.15) is 30.9 Å². The molecule has 90 valence electrons. The van der Waals surface area contributed by atoms with Gasteiger partial charge in [-0.15, -0.1) is 0 Å². The topological polar surface area (TPSA) is 50.7 Å². The summed E-state index contributed by atoms with van der Waals surface area (Å²) in [6, 6.07) is 5.98. The predicted molar refractivity (Wildman–Crippen MR) is 66.3 cm³/mol. The number of nitrogens with zero attached hydrogens (tertiary/aromatic N) is 1. The van der Waals surface area contributed by atoms with E-state index in [1.54, 1.807) is 6.92 Å². The molecular formula is C13H16N2O2. The number of benzene rings is 1. The van der Waals surface area contributed by atoms with Crippen LogP contribution in [0.15, 0.2) is 23.3 Å². The van der Waals surface area contributed by atoms with Crippen molar-refractivity contribution >= 4 is 11.6 Å². The summed E-state index contributed by atoms with van der Waals surface area (Å²) in [6.07, 6.45) is 1.16. The molecule has 1 N–H and O–H groups in total. The van der Waals surface area contributed by atoms with Crippen molar-refractivity contribution in [3.8, 4) is 5.75 Å². The van der Waals surface area contributed by atoms with E-state index < -0.39 is 0 Å². The summed E-state index contributed by atoms with van der Waals surface area (Å²) in [5.74, 6) is 0.768. The summed E-state index contributed by atoms with van der Waals surface area (Å²) in [7, 11) is 0. The molecule has 1 aliphatic rings. The van der Waals surface area contributed by atoms with Crippen LogP contribution in [0.3, 0.4) is 0 Å². The van der Waals surface area contributed by atoms with Crippen LogP contribution in [0, 0.1) is 6.92 Å². The SMILES string of the molecule is CCC(=O)N/N=C1\CCOc2ccc(C)cc21. The van der Waals surface area contributed by atoms with Gasteiger partial charge in [-0.2, -0.15) is 5.10 Å². The van der Waals surface area contributed by atoms with Crippen molar-refractivity contribution in [3.63, 3.8) is 0 Å². The molecule has 4 heteroatoms. The Morgan fingerprint density at radius 2 is 2.35 bits per heavy atom. The average molecular weight is 232 g/mol. The third kappa shape index (κ3) is 2.64. The Morgan fingerprint density at radius 3 is 3.12 bits per heavy atom. The second-order valence-electron chi connectivity index (χ2n) is 4.05. The van der Waals surface area contributed by atoms with Gasteiger partial charge in [0.2, 0.25) is 5.91 Å². The second kappa shape index (κ2) is 4.99. The summed E-state index contributed by atoms with van der Waals surface area (Å²) < 4.78 is 5.55. The lowest BCUT2D eigenvalue weighted by Gasteiger charge is -2.19. The minimum atomic E-state index is -0.0711. The molecule has 0 aliphatic carbocycles. The molecule has 0 saturated heterocycles. The standard InChI is InChI=1S/C13H16N2O2/c1-3-13(16)15-14-11-6-7-17-12-5-4-9(2)8-10(11)12/h4-5,8H,3,6-7H2,1-2H3,(H,15,16)/b14-11+. The molecule has 2 rings (SSSR count). The highest BCUT2D eigenvalue weighted by Gasteiger charge is 2.16. The first kappa shape index (κ1) is 11.6. The maximum atomic E-state index is 11.2. The van der Waals surface area contributed by atoms with Crippen LogP contribution >= 0.6 is 0 Å². The first-order chi connectivity index (χ1) is 8.20. The summed E-state index contributed by atoms with van der Waals surface area (Å²) in [4.78, 5) is 11.2. The van der Waals surface area contributed by atoms with E-state index in [9.17, 15) is 4.79 Å². The largest absolute Gasteiger partial charge is 0.492 e. The minimum Gasteiger partial charge on any atom is -0.492 e. The maximum absolute atomic E-state index is 11.2. The fourth-order valence-corrected chi connectivity index (χ4v) is 1.71. The normalized spacial score (nSPS) is 16.2.